The molecule has 5 heteroatoms. The Kier molecular flexibility index (Phi) is 4.01. The molecule has 98 valence electrons. The Labute approximate surface area is 112 Å². The van der Waals surface area contributed by atoms with E-state index in [2.05, 4.69) is 17.9 Å². The van der Waals surface area contributed by atoms with Gasteiger partial charge in [0.15, 0.2) is 0 Å². The van der Waals surface area contributed by atoms with Gasteiger partial charge in [-0.05, 0) is 50.5 Å². The number of carbonyl (C=O) groups excluding carboxylic acids is 1. The summed E-state index contributed by atoms with van der Waals surface area (Å²) in [6.07, 6.45) is 2.39. The second-order valence-electron chi connectivity index (χ2n) is 4.30. The molecule has 1 aliphatic carbocycles. The molecule has 1 aromatic rings. The summed E-state index contributed by atoms with van der Waals surface area (Å²) in [4.78, 5) is 11.2. The highest BCUT2D eigenvalue weighted by molar-refractivity contribution is 7.81. The molecule has 0 atom stereocenters. The average molecular weight is 267 g/mol. The number of carbonyl (C=O) groups is 1. The van der Waals surface area contributed by atoms with E-state index in [9.17, 15) is 4.79 Å². The Morgan fingerprint density at radius 2 is 1.94 bits per heavy atom. The number of nitrogens with one attached hydrogen (secondary N) is 1. The van der Waals surface area contributed by atoms with Crippen molar-refractivity contribution in [2.24, 2.45) is 0 Å². The summed E-state index contributed by atoms with van der Waals surface area (Å²) in [5, 5.41) is 2.75. The maximum absolute atomic E-state index is 11.6. The zero-order chi connectivity index (χ0) is 13.0. The van der Waals surface area contributed by atoms with Gasteiger partial charge in [0.1, 0.15) is 11.5 Å². The molecule has 1 aliphatic rings. The van der Waals surface area contributed by atoms with Crippen molar-refractivity contribution >= 4 is 18.7 Å². The van der Waals surface area contributed by atoms with Crippen LogP contribution in [0.1, 0.15) is 26.2 Å². The van der Waals surface area contributed by atoms with Crippen molar-refractivity contribution in [1.82, 2.24) is 5.32 Å². The lowest BCUT2D eigenvalue weighted by Crippen LogP contribution is -2.49. The molecule has 1 N–H and O–H groups in total. The summed E-state index contributed by atoms with van der Waals surface area (Å²) in [6.45, 7) is 2.53. The van der Waals surface area contributed by atoms with Gasteiger partial charge in [-0.1, -0.05) is 0 Å². The van der Waals surface area contributed by atoms with Gasteiger partial charge in [0, 0.05) is 0 Å². The van der Waals surface area contributed by atoms with Crippen molar-refractivity contribution in [1.29, 1.82) is 0 Å². The average Bonchev–Trinajstić information content (AvgIpc) is 2.30. The lowest BCUT2D eigenvalue weighted by molar-refractivity contribution is 0.183. The van der Waals surface area contributed by atoms with E-state index in [4.69, 9.17) is 9.47 Å². The monoisotopic (exact) mass is 267 g/mol. The summed E-state index contributed by atoms with van der Waals surface area (Å²) in [5.41, 5.74) is 0. The number of ether oxygens (including phenoxy) is 2. The number of amides is 1. The Balaban J connectivity index is 1.86. The molecule has 4 nitrogen and oxygen atoms in total. The maximum Gasteiger partial charge on any atom is 0.413 e. The van der Waals surface area contributed by atoms with Crippen LogP contribution in [0.5, 0.6) is 11.5 Å². The fourth-order valence-electron chi connectivity index (χ4n) is 1.73. The molecule has 1 amide bonds. The van der Waals surface area contributed by atoms with Gasteiger partial charge in [0.25, 0.3) is 0 Å². The molecule has 1 aromatic carbocycles. The summed E-state index contributed by atoms with van der Waals surface area (Å²) in [7, 11) is 0. The number of rotatable bonds is 4. The van der Waals surface area contributed by atoms with E-state index in [0.717, 1.165) is 25.0 Å². The SMILES string of the molecule is CCOc1ccc(OC(=O)NC2(S)CCC2)cc1. The Bertz CT molecular complexity index is 415. The van der Waals surface area contributed by atoms with Crippen molar-refractivity contribution < 1.29 is 14.3 Å². The third-order valence-electron chi connectivity index (χ3n) is 2.86. The van der Waals surface area contributed by atoms with E-state index in [-0.39, 0.29) is 4.87 Å². The molecular formula is C13H17NO3S. The first-order valence-corrected chi connectivity index (χ1v) is 6.51. The fraction of sp³-hybridized carbons (Fsp3) is 0.462. The number of hydrogen-bond donors (Lipinski definition) is 2. The molecule has 0 heterocycles. The van der Waals surface area contributed by atoms with Gasteiger partial charge < -0.3 is 14.8 Å². The maximum atomic E-state index is 11.6. The van der Waals surface area contributed by atoms with E-state index >= 15 is 0 Å². The number of benzene rings is 1. The van der Waals surface area contributed by atoms with Crippen LogP contribution in [0.15, 0.2) is 24.3 Å². The number of thiol groups is 1. The third-order valence-corrected chi connectivity index (χ3v) is 3.42. The van der Waals surface area contributed by atoms with E-state index in [1.54, 1.807) is 24.3 Å². The van der Waals surface area contributed by atoms with Crippen LogP contribution in [0.3, 0.4) is 0 Å². The van der Waals surface area contributed by atoms with E-state index in [0.29, 0.717) is 12.4 Å². The second kappa shape index (κ2) is 5.52. The van der Waals surface area contributed by atoms with Gasteiger partial charge in [0.05, 0.1) is 11.5 Å². The van der Waals surface area contributed by atoms with Gasteiger partial charge in [-0.25, -0.2) is 4.79 Å². The summed E-state index contributed by atoms with van der Waals surface area (Å²) >= 11 is 4.39. The minimum Gasteiger partial charge on any atom is -0.494 e. The molecule has 18 heavy (non-hydrogen) atoms. The summed E-state index contributed by atoms with van der Waals surface area (Å²) in [6, 6.07) is 6.95. The van der Waals surface area contributed by atoms with Gasteiger partial charge >= 0.3 is 6.09 Å². The van der Waals surface area contributed by atoms with Crippen LogP contribution in [0.25, 0.3) is 0 Å². The Morgan fingerprint density at radius 1 is 1.33 bits per heavy atom. The molecule has 1 saturated carbocycles. The van der Waals surface area contributed by atoms with Crippen molar-refractivity contribution in [3.05, 3.63) is 24.3 Å². The Hall–Kier alpha value is -1.36. The number of hydrogen-bond acceptors (Lipinski definition) is 4. The first kappa shape index (κ1) is 13.1. The van der Waals surface area contributed by atoms with E-state index in [1.807, 2.05) is 6.92 Å². The zero-order valence-corrected chi connectivity index (χ0v) is 11.2. The lowest BCUT2D eigenvalue weighted by atomic mass is 9.92. The van der Waals surface area contributed by atoms with Crippen molar-refractivity contribution in [2.75, 3.05) is 6.61 Å². The molecule has 0 saturated heterocycles. The Morgan fingerprint density at radius 3 is 2.44 bits per heavy atom. The molecule has 2 rings (SSSR count). The second-order valence-corrected chi connectivity index (χ2v) is 5.16. The van der Waals surface area contributed by atoms with Crippen LogP contribution >= 0.6 is 12.6 Å². The molecule has 1 fully saturated rings. The van der Waals surface area contributed by atoms with Crippen LogP contribution in [0.2, 0.25) is 0 Å². The molecule has 0 unspecified atom stereocenters. The van der Waals surface area contributed by atoms with E-state index < -0.39 is 6.09 Å². The minimum absolute atomic E-state index is 0.387. The molecule has 0 aliphatic heterocycles. The minimum atomic E-state index is -0.464. The zero-order valence-electron chi connectivity index (χ0n) is 10.3. The van der Waals surface area contributed by atoms with Crippen LogP contribution < -0.4 is 14.8 Å². The van der Waals surface area contributed by atoms with Crippen LogP contribution in [-0.2, 0) is 0 Å². The molecule has 0 aromatic heterocycles. The fourth-order valence-corrected chi connectivity index (χ4v) is 2.14. The van der Waals surface area contributed by atoms with E-state index in [1.165, 1.54) is 0 Å². The molecule has 0 spiro atoms. The smallest absolute Gasteiger partial charge is 0.413 e. The van der Waals surface area contributed by atoms with Gasteiger partial charge in [-0.2, -0.15) is 12.6 Å². The summed E-state index contributed by atoms with van der Waals surface area (Å²) in [5.74, 6) is 1.25. The quantitative estimate of drug-likeness (QED) is 0.651. The molecule has 0 radical (unpaired) electrons. The van der Waals surface area contributed by atoms with Crippen molar-refractivity contribution in [2.45, 2.75) is 31.1 Å². The molecular weight excluding hydrogens is 250 g/mol. The van der Waals surface area contributed by atoms with Crippen LogP contribution in [0, 0.1) is 0 Å². The standard InChI is InChI=1S/C13H17NO3S/c1-2-16-10-4-6-11(7-5-10)17-12(15)14-13(18)8-3-9-13/h4-7,18H,2-3,8-9H2,1H3,(H,14,15). The van der Waals surface area contributed by atoms with Gasteiger partial charge in [-0.3, -0.25) is 0 Å². The predicted molar refractivity (Wildman–Crippen MR) is 72.3 cm³/mol. The first-order valence-electron chi connectivity index (χ1n) is 6.06. The van der Waals surface area contributed by atoms with Crippen LogP contribution in [0.4, 0.5) is 4.79 Å². The van der Waals surface area contributed by atoms with Gasteiger partial charge in [-0.15, -0.1) is 0 Å². The highest BCUT2D eigenvalue weighted by atomic mass is 32.1. The van der Waals surface area contributed by atoms with Gasteiger partial charge in [0.2, 0.25) is 0 Å². The third kappa shape index (κ3) is 3.32. The van der Waals surface area contributed by atoms with Crippen molar-refractivity contribution in [3.8, 4) is 11.5 Å². The van der Waals surface area contributed by atoms with Crippen LogP contribution in [-0.4, -0.2) is 17.6 Å². The normalized spacial score (nSPS) is 16.6. The molecule has 0 bridgehead atoms. The highest BCUT2D eigenvalue weighted by Gasteiger charge is 2.35. The first-order chi connectivity index (χ1) is 8.61. The topological polar surface area (TPSA) is 47.6 Å². The largest absolute Gasteiger partial charge is 0.494 e. The highest BCUT2D eigenvalue weighted by Crippen LogP contribution is 2.35. The lowest BCUT2D eigenvalue weighted by Gasteiger charge is -2.37. The van der Waals surface area contributed by atoms with Crippen molar-refractivity contribution in [3.63, 3.8) is 0 Å². The predicted octanol–water partition coefficient (Wildman–Crippen LogP) is 2.98. The summed E-state index contributed by atoms with van der Waals surface area (Å²) < 4.78 is 10.5.